The smallest absolute Gasteiger partial charge is 0.313 e. The Labute approximate surface area is 200 Å². The fourth-order valence-corrected chi connectivity index (χ4v) is 4.35. The first-order valence-electron chi connectivity index (χ1n) is 11.5. The van der Waals surface area contributed by atoms with Crippen LogP contribution >= 0.6 is 11.6 Å². The Morgan fingerprint density at radius 2 is 2.06 bits per heavy atom. The van der Waals surface area contributed by atoms with Gasteiger partial charge >= 0.3 is 5.97 Å². The van der Waals surface area contributed by atoms with Crippen LogP contribution in [0.15, 0.2) is 59.1 Å². The van der Waals surface area contributed by atoms with Crippen molar-refractivity contribution in [2.45, 2.75) is 39.8 Å². The fraction of sp³-hybridized carbons (Fsp3) is 0.385. The van der Waals surface area contributed by atoms with Gasteiger partial charge in [-0.05, 0) is 49.4 Å². The zero-order valence-electron chi connectivity index (χ0n) is 19.3. The van der Waals surface area contributed by atoms with Crippen LogP contribution in [0.25, 0.3) is 11.3 Å². The number of hydrogen-bond acceptors (Lipinski definition) is 6. The van der Waals surface area contributed by atoms with Gasteiger partial charge in [-0.3, -0.25) is 9.69 Å². The molecule has 3 aromatic rings. The standard InChI is InChI=1S/C26H30ClN3O3/c1-4-29(17-20-11-12-23(32-20)21-8-5-6-9-22(21)27)19-13-15-30(16-19)25-24(10-7-14-28-25)33-26(31)18(2)3/h5-12,14,18-19H,4,13,15-17H2,1-3H3/t19-/m1/s1. The summed E-state index contributed by atoms with van der Waals surface area (Å²) >= 11 is 6.33. The van der Waals surface area contributed by atoms with Gasteiger partial charge in [0.25, 0.3) is 0 Å². The highest BCUT2D eigenvalue weighted by atomic mass is 35.5. The van der Waals surface area contributed by atoms with E-state index in [0.717, 1.165) is 55.5 Å². The van der Waals surface area contributed by atoms with Gasteiger partial charge in [0, 0.05) is 30.9 Å². The molecular weight excluding hydrogens is 438 g/mol. The minimum absolute atomic E-state index is 0.191. The number of pyridine rings is 1. The van der Waals surface area contributed by atoms with Gasteiger partial charge in [-0.15, -0.1) is 0 Å². The van der Waals surface area contributed by atoms with Gasteiger partial charge in [0.2, 0.25) is 0 Å². The van der Waals surface area contributed by atoms with E-state index in [-0.39, 0.29) is 11.9 Å². The van der Waals surface area contributed by atoms with Crippen LogP contribution in [-0.4, -0.2) is 41.5 Å². The number of ether oxygens (including phenoxy) is 1. The highest BCUT2D eigenvalue weighted by Gasteiger charge is 2.30. The highest BCUT2D eigenvalue weighted by molar-refractivity contribution is 6.33. The SMILES string of the molecule is CCN(Cc1ccc(-c2ccccc2Cl)o1)[C@@H]1CCN(c2ncccc2OC(=O)C(C)C)C1. The van der Waals surface area contributed by atoms with Crippen LogP contribution in [-0.2, 0) is 11.3 Å². The molecule has 0 N–H and O–H groups in total. The van der Waals surface area contributed by atoms with Crippen molar-refractivity contribution in [1.82, 2.24) is 9.88 Å². The molecule has 1 aromatic carbocycles. The maximum atomic E-state index is 12.1. The summed E-state index contributed by atoms with van der Waals surface area (Å²) in [5, 5.41) is 0.682. The van der Waals surface area contributed by atoms with Crippen molar-refractivity contribution >= 4 is 23.4 Å². The van der Waals surface area contributed by atoms with Crippen molar-refractivity contribution in [1.29, 1.82) is 0 Å². The van der Waals surface area contributed by atoms with E-state index < -0.39 is 0 Å². The number of carbonyl (C=O) groups excluding carboxylic acids is 1. The molecule has 174 valence electrons. The molecule has 6 nitrogen and oxygen atoms in total. The molecule has 0 saturated carbocycles. The predicted octanol–water partition coefficient (Wildman–Crippen LogP) is 5.66. The summed E-state index contributed by atoms with van der Waals surface area (Å²) in [4.78, 5) is 21.3. The second-order valence-corrected chi connectivity index (χ2v) is 9.01. The van der Waals surface area contributed by atoms with Crippen LogP contribution in [0, 0.1) is 5.92 Å². The average Bonchev–Trinajstić information content (AvgIpc) is 3.48. The molecule has 1 atom stereocenters. The van der Waals surface area contributed by atoms with Crippen molar-refractivity contribution in [3.63, 3.8) is 0 Å². The van der Waals surface area contributed by atoms with E-state index in [9.17, 15) is 4.79 Å². The van der Waals surface area contributed by atoms with Crippen molar-refractivity contribution in [2.24, 2.45) is 5.92 Å². The van der Waals surface area contributed by atoms with E-state index in [1.54, 1.807) is 12.3 Å². The number of nitrogens with zero attached hydrogens (tertiary/aromatic N) is 3. The lowest BCUT2D eigenvalue weighted by Gasteiger charge is -2.27. The number of likely N-dealkylation sites (N-methyl/N-ethyl adjacent to an activating group) is 1. The number of furan rings is 1. The molecular formula is C26H30ClN3O3. The third kappa shape index (κ3) is 5.40. The third-order valence-corrected chi connectivity index (χ3v) is 6.31. The zero-order chi connectivity index (χ0) is 23.4. The summed E-state index contributed by atoms with van der Waals surface area (Å²) in [6.45, 7) is 9.11. The van der Waals surface area contributed by atoms with Crippen LogP contribution in [0.5, 0.6) is 5.75 Å². The number of carbonyl (C=O) groups is 1. The van der Waals surface area contributed by atoms with Crippen LogP contribution in [0.4, 0.5) is 5.82 Å². The summed E-state index contributed by atoms with van der Waals surface area (Å²) in [5.41, 5.74) is 0.902. The van der Waals surface area contributed by atoms with Gasteiger partial charge in [0.05, 0.1) is 17.5 Å². The fourth-order valence-electron chi connectivity index (χ4n) is 4.13. The number of esters is 1. The molecule has 0 bridgehead atoms. The second-order valence-electron chi connectivity index (χ2n) is 8.60. The minimum atomic E-state index is -0.248. The maximum Gasteiger partial charge on any atom is 0.313 e. The Morgan fingerprint density at radius 3 is 2.82 bits per heavy atom. The van der Waals surface area contributed by atoms with Crippen molar-refractivity contribution in [3.8, 4) is 17.1 Å². The molecule has 0 amide bonds. The van der Waals surface area contributed by atoms with Gasteiger partial charge in [-0.1, -0.05) is 44.5 Å². The van der Waals surface area contributed by atoms with Crippen molar-refractivity contribution in [3.05, 3.63) is 65.5 Å². The number of aromatic nitrogens is 1. The van der Waals surface area contributed by atoms with Crippen LogP contribution in [0.1, 0.15) is 33.0 Å². The van der Waals surface area contributed by atoms with E-state index >= 15 is 0 Å². The summed E-state index contributed by atoms with van der Waals surface area (Å²) < 4.78 is 11.7. The second kappa shape index (κ2) is 10.4. The third-order valence-electron chi connectivity index (χ3n) is 5.98. The van der Waals surface area contributed by atoms with Crippen LogP contribution < -0.4 is 9.64 Å². The summed E-state index contributed by atoms with van der Waals surface area (Å²) in [6.07, 6.45) is 2.74. The monoisotopic (exact) mass is 467 g/mol. The highest BCUT2D eigenvalue weighted by Crippen LogP contribution is 2.32. The largest absolute Gasteiger partial charge is 0.460 e. The van der Waals surface area contributed by atoms with Crippen LogP contribution in [0.3, 0.4) is 0 Å². The molecule has 33 heavy (non-hydrogen) atoms. The first kappa shape index (κ1) is 23.3. The van der Waals surface area contributed by atoms with Crippen molar-refractivity contribution in [2.75, 3.05) is 24.5 Å². The lowest BCUT2D eigenvalue weighted by molar-refractivity contribution is -0.137. The van der Waals surface area contributed by atoms with Gasteiger partial charge in [0.15, 0.2) is 11.6 Å². The Hall–Kier alpha value is -2.83. The first-order valence-corrected chi connectivity index (χ1v) is 11.8. The van der Waals surface area contributed by atoms with Gasteiger partial charge in [0.1, 0.15) is 11.5 Å². The zero-order valence-corrected chi connectivity index (χ0v) is 20.1. The predicted molar refractivity (Wildman–Crippen MR) is 131 cm³/mol. The number of benzene rings is 1. The van der Waals surface area contributed by atoms with E-state index in [4.69, 9.17) is 20.8 Å². The summed E-state index contributed by atoms with van der Waals surface area (Å²) in [7, 11) is 0. The Balaban J connectivity index is 1.44. The molecule has 0 radical (unpaired) electrons. The molecule has 0 aliphatic carbocycles. The van der Waals surface area contributed by atoms with Gasteiger partial charge < -0.3 is 14.1 Å². The maximum absolute atomic E-state index is 12.1. The quantitative estimate of drug-likeness (QED) is 0.398. The van der Waals surface area contributed by atoms with Gasteiger partial charge in [-0.25, -0.2) is 4.98 Å². The molecule has 1 fully saturated rings. The van der Waals surface area contributed by atoms with Gasteiger partial charge in [-0.2, -0.15) is 0 Å². The molecule has 1 aliphatic heterocycles. The first-order chi connectivity index (χ1) is 16.0. The Kier molecular flexibility index (Phi) is 7.36. The summed E-state index contributed by atoms with van der Waals surface area (Å²) in [6, 6.07) is 15.7. The summed E-state index contributed by atoms with van der Waals surface area (Å²) in [5.74, 6) is 2.50. The topological polar surface area (TPSA) is 58.8 Å². The lowest BCUT2D eigenvalue weighted by Crippen LogP contribution is -2.37. The average molecular weight is 468 g/mol. The van der Waals surface area contributed by atoms with Crippen LogP contribution in [0.2, 0.25) is 5.02 Å². The molecule has 4 rings (SSSR count). The number of halogens is 1. The van der Waals surface area contributed by atoms with E-state index in [1.807, 2.05) is 56.3 Å². The normalized spacial score (nSPS) is 16.1. The lowest BCUT2D eigenvalue weighted by atomic mass is 10.2. The van der Waals surface area contributed by atoms with E-state index in [1.165, 1.54) is 0 Å². The Bertz CT molecular complexity index is 1100. The molecule has 0 spiro atoms. The molecule has 3 heterocycles. The molecule has 7 heteroatoms. The number of anilines is 1. The van der Waals surface area contributed by atoms with Crippen molar-refractivity contribution < 1.29 is 13.9 Å². The Morgan fingerprint density at radius 1 is 1.24 bits per heavy atom. The molecule has 2 aromatic heterocycles. The molecule has 0 unspecified atom stereocenters. The van der Waals surface area contributed by atoms with E-state index in [0.29, 0.717) is 16.8 Å². The van der Waals surface area contributed by atoms with E-state index in [2.05, 4.69) is 21.7 Å². The molecule has 1 saturated heterocycles. The molecule has 1 aliphatic rings. The minimum Gasteiger partial charge on any atom is -0.460 e. The number of hydrogen-bond donors (Lipinski definition) is 0. The number of rotatable bonds is 8.